The molecule has 2 aromatic carbocycles. The number of hydrogen-bond acceptors (Lipinski definition) is 1. The van der Waals surface area contributed by atoms with Crippen LogP contribution in [0.2, 0.25) is 0 Å². The molecule has 2 rings (SSSR count). The average molecular weight is 297 g/mol. The van der Waals surface area contributed by atoms with Crippen molar-refractivity contribution in [1.82, 2.24) is 0 Å². The van der Waals surface area contributed by atoms with E-state index in [1.807, 2.05) is 19.1 Å². The first kappa shape index (κ1) is 15.5. The molecule has 0 bridgehead atoms. The predicted molar refractivity (Wildman–Crippen MR) is 73.3 cm³/mol. The molecular weight excluding hydrogens is 282 g/mol. The molecule has 0 saturated carbocycles. The van der Waals surface area contributed by atoms with Crippen LogP contribution in [0.25, 0.3) is 0 Å². The Morgan fingerprint density at radius 3 is 2.05 bits per heavy atom. The molecule has 1 nitrogen and oxygen atoms in total. The van der Waals surface area contributed by atoms with E-state index in [-0.39, 0.29) is 0 Å². The van der Waals surface area contributed by atoms with Crippen molar-refractivity contribution >= 4 is 0 Å². The van der Waals surface area contributed by atoms with Gasteiger partial charge in [-0.05, 0) is 35.2 Å². The van der Waals surface area contributed by atoms with Gasteiger partial charge in [0.05, 0.1) is 11.6 Å². The van der Waals surface area contributed by atoms with Crippen molar-refractivity contribution in [2.75, 3.05) is 0 Å². The normalized spacial score (nSPS) is 13.2. The molecule has 0 aliphatic rings. The Kier molecular flexibility index (Phi) is 4.32. The molecule has 1 unspecified atom stereocenters. The highest BCUT2D eigenvalue weighted by Crippen LogP contribution is 2.33. The smallest absolute Gasteiger partial charge is 0.320 e. The van der Waals surface area contributed by atoms with Crippen LogP contribution in [0.1, 0.15) is 35.2 Å². The minimum absolute atomic E-state index is 0.310. The molecule has 1 atom stereocenters. The lowest BCUT2D eigenvalue weighted by molar-refractivity contribution is -0.140. The second kappa shape index (κ2) is 5.85. The Morgan fingerprint density at radius 1 is 1.00 bits per heavy atom. The molecule has 0 aliphatic heterocycles. The van der Waals surface area contributed by atoms with Crippen molar-refractivity contribution in [2.45, 2.75) is 25.6 Å². The first-order valence-electron chi connectivity index (χ1n) is 6.54. The van der Waals surface area contributed by atoms with E-state index < -0.39 is 23.6 Å². The molecule has 112 valence electrons. The number of alkyl halides is 3. The fourth-order valence-corrected chi connectivity index (χ4v) is 2.11. The highest BCUT2D eigenvalue weighted by Gasteiger charge is 2.34. The maximum atomic E-state index is 13.6. The Morgan fingerprint density at radius 2 is 1.57 bits per heavy atom. The fourth-order valence-electron chi connectivity index (χ4n) is 2.11. The molecule has 0 aromatic heterocycles. The number of aryl methyl sites for hydroxylation is 1. The topological polar surface area (TPSA) is 26.0 Å². The molecule has 0 spiro atoms. The number of rotatable bonds is 3. The van der Waals surface area contributed by atoms with E-state index in [1.165, 1.54) is 6.07 Å². The number of hydrogen-bond donors (Lipinski definition) is 1. The largest absolute Gasteiger partial charge is 0.419 e. The lowest BCUT2D eigenvalue weighted by Crippen LogP contribution is -2.14. The third kappa shape index (κ3) is 3.42. The molecule has 5 heteroatoms. The lowest BCUT2D eigenvalue weighted by atomic mass is 9.97. The van der Waals surface area contributed by atoms with E-state index >= 15 is 0 Å². The van der Waals surface area contributed by atoms with Crippen LogP contribution >= 0.6 is 0 Å². The molecule has 2 aromatic rings. The second-order valence-corrected chi connectivity index (χ2v) is 4.81. The first-order valence-corrected chi connectivity index (χ1v) is 6.54. The van der Waals surface area contributed by atoms with Gasteiger partial charge < -0.3 is 5.73 Å². The summed E-state index contributed by atoms with van der Waals surface area (Å²) in [6, 6.07) is 9.53. The van der Waals surface area contributed by atoms with Crippen molar-refractivity contribution in [1.29, 1.82) is 0 Å². The predicted octanol–water partition coefficient (Wildman–Crippen LogP) is 4.46. The number of nitrogens with two attached hydrogens (primary N) is 1. The van der Waals surface area contributed by atoms with Gasteiger partial charge in [-0.1, -0.05) is 37.3 Å². The van der Waals surface area contributed by atoms with E-state index in [9.17, 15) is 17.6 Å². The highest BCUT2D eigenvalue weighted by molar-refractivity contribution is 5.35. The van der Waals surface area contributed by atoms with Crippen LogP contribution in [-0.2, 0) is 12.6 Å². The van der Waals surface area contributed by atoms with E-state index in [0.29, 0.717) is 5.56 Å². The van der Waals surface area contributed by atoms with Crippen molar-refractivity contribution in [3.63, 3.8) is 0 Å². The van der Waals surface area contributed by atoms with E-state index in [0.717, 1.165) is 29.7 Å². The van der Waals surface area contributed by atoms with E-state index in [1.54, 1.807) is 12.1 Å². The standard InChI is InChI=1S/C16H15F4N/c1-2-10-3-5-11(6-4-10)15(21)12-7-8-13(14(17)9-12)16(18,19)20/h3-9,15H,2,21H2,1H3. The number of halogens is 4. The van der Waals surface area contributed by atoms with Gasteiger partial charge in [0.25, 0.3) is 0 Å². The molecule has 0 saturated heterocycles. The molecule has 2 N–H and O–H groups in total. The average Bonchev–Trinajstić information content (AvgIpc) is 2.45. The van der Waals surface area contributed by atoms with Gasteiger partial charge in [-0.2, -0.15) is 13.2 Å². The summed E-state index contributed by atoms with van der Waals surface area (Å²) in [6.07, 6.45) is -3.82. The molecule has 0 aliphatic carbocycles. The van der Waals surface area contributed by atoms with E-state index in [4.69, 9.17) is 5.73 Å². The van der Waals surface area contributed by atoms with Crippen LogP contribution in [-0.4, -0.2) is 0 Å². The third-order valence-electron chi connectivity index (χ3n) is 3.40. The molecule has 0 fully saturated rings. The van der Waals surface area contributed by atoms with Gasteiger partial charge >= 0.3 is 6.18 Å². The summed E-state index contributed by atoms with van der Waals surface area (Å²) in [6.45, 7) is 2.01. The Balaban J connectivity index is 2.30. The molecule has 0 amide bonds. The fraction of sp³-hybridized carbons (Fsp3) is 0.250. The van der Waals surface area contributed by atoms with Gasteiger partial charge in [-0.25, -0.2) is 4.39 Å². The van der Waals surface area contributed by atoms with Gasteiger partial charge in [0.2, 0.25) is 0 Å². The van der Waals surface area contributed by atoms with Gasteiger partial charge in [0, 0.05) is 0 Å². The quantitative estimate of drug-likeness (QED) is 0.832. The third-order valence-corrected chi connectivity index (χ3v) is 3.40. The van der Waals surface area contributed by atoms with Crippen molar-refractivity contribution in [2.24, 2.45) is 5.73 Å². The zero-order chi connectivity index (χ0) is 15.6. The lowest BCUT2D eigenvalue weighted by Gasteiger charge is -2.15. The van der Waals surface area contributed by atoms with Crippen LogP contribution < -0.4 is 5.73 Å². The summed E-state index contributed by atoms with van der Waals surface area (Å²) < 4.78 is 51.1. The van der Waals surface area contributed by atoms with Gasteiger partial charge in [-0.15, -0.1) is 0 Å². The first-order chi connectivity index (χ1) is 9.82. The van der Waals surface area contributed by atoms with Crippen molar-refractivity contribution < 1.29 is 17.6 Å². The van der Waals surface area contributed by atoms with E-state index in [2.05, 4.69) is 0 Å². The molecular formula is C16H15F4N. The number of benzene rings is 2. The minimum atomic E-state index is -4.70. The zero-order valence-corrected chi connectivity index (χ0v) is 11.4. The summed E-state index contributed by atoms with van der Waals surface area (Å²) in [5.74, 6) is -1.30. The highest BCUT2D eigenvalue weighted by atomic mass is 19.4. The van der Waals surface area contributed by atoms with Crippen LogP contribution in [0.4, 0.5) is 17.6 Å². The van der Waals surface area contributed by atoms with Crippen molar-refractivity contribution in [3.8, 4) is 0 Å². The minimum Gasteiger partial charge on any atom is -0.320 e. The van der Waals surface area contributed by atoms with Crippen LogP contribution in [0.15, 0.2) is 42.5 Å². The molecule has 0 heterocycles. The van der Waals surface area contributed by atoms with Crippen molar-refractivity contribution in [3.05, 3.63) is 70.5 Å². The Bertz CT molecular complexity index is 617. The molecule has 21 heavy (non-hydrogen) atoms. The maximum absolute atomic E-state index is 13.6. The summed E-state index contributed by atoms with van der Waals surface area (Å²) >= 11 is 0. The second-order valence-electron chi connectivity index (χ2n) is 4.81. The summed E-state index contributed by atoms with van der Waals surface area (Å²) in [7, 11) is 0. The van der Waals surface area contributed by atoms with Gasteiger partial charge in [0.15, 0.2) is 0 Å². The van der Waals surface area contributed by atoms with Crippen LogP contribution in [0.3, 0.4) is 0 Å². The van der Waals surface area contributed by atoms with Gasteiger partial charge in [-0.3, -0.25) is 0 Å². The SMILES string of the molecule is CCc1ccc(C(N)c2ccc(C(F)(F)F)c(F)c2)cc1. The zero-order valence-electron chi connectivity index (χ0n) is 11.4. The van der Waals surface area contributed by atoms with Gasteiger partial charge in [0.1, 0.15) is 5.82 Å². The van der Waals surface area contributed by atoms with Crippen LogP contribution in [0.5, 0.6) is 0 Å². The summed E-state index contributed by atoms with van der Waals surface area (Å²) in [5.41, 5.74) is 6.88. The summed E-state index contributed by atoms with van der Waals surface area (Å²) in [5, 5.41) is 0. The Hall–Kier alpha value is -1.88. The summed E-state index contributed by atoms with van der Waals surface area (Å²) in [4.78, 5) is 0. The monoisotopic (exact) mass is 297 g/mol. The molecule has 0 radical (unpaired) electrons. The Labute approximate surface area is 120 Å². The maximum Gasteiger partial charge on any atom is 0.419 e. The van der Waals surface area contributed by atoms with Crippen LogP contribution in [0, 0.1) is 5.82 Å².